The Hall–Kier alpha value is -2.60. The van der Waals surface area contributed by atoms with E-state index in [9.17, 15) is 13.2 Å². The van der Waals surface area contributed by atoms with Crippen molar-refractivity contribution >= 4 is 21.8 Å². The van der Waals surface area contributed by atoms with Crippen molar-refractivity contribution in [3.05, 3.63) is 58.2 Å². The molecule has 0 saturated heterocycles. The van der Waals surface area contributed by atoms with Crippen LogP contribution in [0.25, 0.3) is 17.2 Å². The van der Waals surface area contributed by atoms with E-state index in [0.717, 1.165) is 22.3 Å². The minimum absolute atomic E-state index is 0.183. The van der Waals surface area contributed by atoms with Crippen LogP contribution in [0.2, 0.25) is 0 Å². The molecule has 2 aromatic carbocycles. The zero-order chi connectivity index (χ0) is 17.5. The minimum atomic E-state index is -3.77. The SMILES string of the molecule is Cc1cccc(C)c1-c1cccc2c1C=C(OCC(N)=O)S2(=O)=O. The van der Waals surface area contributed by atoms with Gasteiger partial charge in [-0.25, -0.2) is 8.42 Å². The second-order valence-corrected chi connectivity index (χ2v) is 7.56. The van der Waals surface area contributed by atoms with Crippen LogP contribution in [0, 0.1) is 13.8 Å². The summed E-state index contributed by atoms with van der Waals surface area (Å²) in [5.41, 5.74) is 9.55. The first kappa shape index (κ1) is 16.3. The van der Waals surface area contributed by atoms with Crippen LogP contribution in [-0.4, -0.2) is 20.9 Å². The first-order chi connectivity index (χ1) is 11.3. The molecule has 1 aliphatic heterocycles. The normalized spacial score (nSPS) is 14.8. The molecule has 0 atom stereocenters. The predicted octanol–water partition coefficient (Wildman–Crippen LogP) is 2.56. The summed E-state index contributed by atoms with van der Waals surface area (Å²) in [6, 6.07) is 11.1. The third kappa shape index (κ3) is 2.59. The van der Waals surface area contributed by atoms with E-state index in [1.807, 2.05) is 38.1 Å². The van der Waals surface area contributed by atoms with Crippen molar-refractivity contribution in [2.24, 2.45) is 5.73 Å². The maximum atomic E-state index is 12.6. The topological polar surface area (TPSA) is 86.5 Å². The number of ether oxygens (including phenoxy) is 1. The Morgan fingerprint density at radius 2 is 1.71 bits per heavy atom. The molecule has 6 heteroatoms. The van der Waals surface area contributed by atoms with Crippen molar-refractivity contribution in [3.63, 3.8) is 0 Å². The monoisotopic (exact) mass is 343 g/mol. The van der Waals surface area contributed by atoms with Gasteiger partial charge in [-0.05, 0) is 42.2 Å². The van der Waals surface area contributed by atoms with Gasteiger partial charge >= 0.3 is 0 Å². The van der Waals surface area contributed by atoms with Crippen molar-refractivity contribution in [2.45, 2.75) is 18.7 Å². The highest BCUT2D eigenvalue weighted by Crippen LogP contribution is 2.40. The molecule has 5 nitrogen and oxygen atoms in total. The summed E-state index contributed by atoms with van der Waals surface area (Å²) in [4.78, 5) is 11.1. The first-order valence-corrected chi connectivity index (χ1v) is 8.88. The summed E-state index contributed by atoms with van der Waals surface area (Å²) >= 11 is 0. The van der Waals surface area contributed by atoms with Gasteiger partial charge in [0.15, 0.2) is 6.61 Å². The van der Waals surface area contributed by atoms with Gasteiger partial charge in [0.2, 0.25) is 14.9 Å². The number of aryl methyl sites for hydroxylation is 2. The van der Waals surface area contributed by atoms with Crippen molar-refractivity contribution < 1.29 is 17.9 Å². The lowest BCUT2D eigenvalue weighted by atomic mass is 9.92. The van der Waals surface area contributed by atoms with Crippen molar-refractivity contribution in [3.8, 4) is 11.1 Å². The minimum Gasteiger partial charge on any atom is -0.473 e. The van der Waals surface area contributed by atoms with Gasteiger partial charge in [-0.3, -0.25) is 4.79 Å². The molecule has 24 heavy (non-hydrogen) atoms. The van der Waals surface area contributed by atoms with E-state index in [0.29, 0.717) is 5.56 Å². The number of nitrogens with two attached hydrogens (primary N) is 1. The Morgan fingerprint density at radius 1 is 1.08 bits per heavy atom. The van der Waals surface area contributed by atoms with Gasteiger partial charge < -0.3 is 10.5 Å². The van der Waals surface area contributed by atoms with Crippen LogP contribution in [0.15, 0.2) is 46.4 Å². The largest absolute Gasteiger partial charge is 0.473 e. The molecular weight excluding hydrogens is 326 g/mol. The third-order valence-electron chi connectivity index (χ3n) is 3.99. The summed E-state index contributed by atoms with van der Waals surface area (Å²) in [5, 5.41) is -0.241. The molecule has 3 rings (SSSR count). The zero-order valence-corrected chi connectivity index (χ0v) is 14.2. The molecule has 0 spiro atoms. The summed E-state index contributed by atoms with van der Waals surface area (Å²) in [6.45, 7) is 3.50. The predicted molar refractivity (Wildman–Crippen MR) is 91.7 cm³/mol. The van der Waals surface area contributed by atoms with Crippen LogP contribution in [0.5, 0.6) is 0 Å². The molecule has 0 bridgehead atoms. The molecule has 0 aromatic heterocycles. The molecule has 1 amide bonds. The van der Waals surface area contributed by atoms with Crippen LogP contribution >= 0.6 is 0 Å². The number of fused-ring (bicyclic) bond motifs is 1. The van der Waals surface area contributed by atoms with Gasteiger partial charge in [0.1, 0.15) is 0 Å². The van der Waals surface area contributed by atoms with Gasteiger partial charge in [-0.1, -0.05) is 30.3 Å². The van der Waals surface area contributed by atoms with Gasteiger partial charge in [0.25, 0.3) is 5.91 Å². The second-order valence-electron chi connectivity index (χ2n) is 5.71. The van der Waals surface area contributed by atoms with Crippen LogP contribution in [0.1, 0.15) is 16.7 Å². The summed E-state index contributed by atoms with van der Waals surface area (Å²) < 4.78 is 30.3. The number of hydrogen-bond acceptors (Lipinski definition) is 4. The van der Waals surface area contributed by atoms with Crippen molar-refractivity contribution in [1.82, 2.24) is 0 Å². The lowest BCUT2D eigenvalue weighted by Crippen LogP contribution is -2.19. The van der Waals surface area contributed by atoms with Gasteiger partial charge in [0.05, 0.1) is 4.90 Å². The average molecular weight is 343 g/mol. The summed E-state index contributed by atoms with van der Waals surface area (Å²) in [6.07, 6.45) is 1.47. The van der Waals surface area contributed by atoms with E-state index in [-0.39, 0.29) is 9.99 Å². The van der Waals surface area contributed by atoms with E-state index in [4.69, 9.17) is 10.5 Å². The standard InChI is InChI=1S/C18H17NO4S/c1-11-5-3-6-12(2)18(11)13-7-4-8-15-14(13)9-17(24(15,21)22)23-10-16(19)20/h3-9H,10H2,1-2H3,(H2,19,20). The van der Waals surface area contributed by atoms with Crippen molar-refractivity contribution in [1.29, 1.82) is 0 Å². The summed E-state index contributed by atoms with van der Waals surface area (Å²) in [5.74, 6) is -0.725. The van der Waals surface area contributed by atoms with Crippen LogP contribution in [-0.2, 0) is 19.4 Å². The molecule has 0 unspecified atom stereocenters. The Labute approximate surface area is 140 Å². The fourth-order valence-corrected chi connectivity index (χ4v) is 4.37. The highest BCUT2D eigenvalue weighted by Gasteiger charge is 2.33. The van der Waals surface area contributed by atoms with Crippen molar-refractivity contribution in [2.75, 3.05) is 6.61 Å². The summed E-state index contributed by atoms with van der Waals surface area (Å²) in [7, 11) is -3.77. The maximum Gasteiger partial charge on any atom is 0.255 e. The molecule has 1 heterocycles. The fourth-order valence-electron chi connectivity index (χ4n) is 2.95. The maximum absolute atomic E-state index is 12.6. The van der Waals surface area contributed by atoms with Gasteiger partial charge in [-0.15, -0.1) is 0 Å². The number of sulfone groups is 1. The van der Waals surface area contributed by atoms with Crippen LogP contribution in [0.4, 0.5) is 0 Å². The fraction of sp³-hybridized carbons (Fsp3) is 0.167. The van der Waals surface area contributed by atoms with Gasteiger partial charge in [0, 0.05) is 11.6 Å². The Balaban J connectivity index is 2.19. The van der Waals surface area contributed by atoms with Crippen LogP contribution in [0.3, 0.4) is 0 Å². The number of rotatable bonds is 4. The first-order valence-electron chi connectivity index (χ1n) is 7.40. The van der Waals surface area contributed by atoms with Crippen LogP contribution < -0.4 is 5.73 Å². The third-order valence-corrected chi connectivity index (χ3v) is 5.69. The van der Waals surface area contributed by atoms with E-state index in [1.54, 1.807) is 12.1 Å². The second kappa shape index (κ2) is 5.79. The quantitative estimate of drug-likeness (QED) is 0.924. The lowest BCUT2D eigenvalue weighted by Gasteiger charge is -2.13. The molecule has 0 saturated carbocycles. The van der Waals surface area contributed by atoms with Gasteiger partial charge in [-0.2, -0.15) is 0 Å². The molecule has 0 aliphatic carbocycles. The Morgan fingerprint density at radius 3 is 2.33 bits per heavy atom. The molecule has 124 valence electrons. The number of primary amides is 1. The Bertz CT molecular complexity index is 954. The number of carbonyl (C=O) groups excluding carboxylic acids is 1. The molecular formula is C18H17NO4S. The van der Waals surface area contributed by atoms with E-state index < -0.39 is 22.4 Å². The Kier molecular flexibility index (Phi) is 3.93. The molecule has 0 radical (unpaired) electrons. The highest BCUT2D eigenvalue weighted by atomic mass is 32.2. The molecule has 2 N–H and O–H groups in total. The number of hydrogen-bond donors (Lipinski definition) is 1. The lowest BCUT2D eigenvalue weighted by molar-refractivity contribution is -0.120. The molecule has 0 fully saturated rings. The molecule has 2 aromatic rings. The average Bonchev–Trinajstić information content (AvgIpc) is 2.77. The van der Waals surface area contributed by atoms with E-state index in [2.05, 4.69) is 0 Å². The number of carbonyl (C=O) groups is 1. The number of benzene rings is 2. The molecule has 1 aliphatic rings. The number of amides is 1. The highest BCUT2D eigenvalue weighted by molar-refractivity contribution is 7.95. The smallest absolute Gasteiger partial charge is 0.255 e. The van der Waals surface area contributed by atoms with E-state index in [1.165, 1.54) is 6.08 Å². The zero-order valence-electron chi connectivity index (χ0n) is 13.4. The van der Waals surface area contributed by atoms with E-state index >= 15 is 0 Å².